The number of quaternary nitrogens is 1. The third kappa shape index (κ3) is 4.66. The first kappa shape index (κ1) is 20.5. The van der Waals surface area contributed by atoms with Crippen LogP contribution in [0.3, 0.4) is 0 Å². The van der Waals surface area contributed by atoms with Crippen LogP contribution in [0.15, 0.2) is 78.9 Å². The maximum absolute atomic E-state index is 13.3. The minimum Gasteiger partial charge on any atom is -0.359 e. The summed E-state index contributed by atoms with van der Waals surface area (Å²) in [5.41, 5.74) is 3.67. The zero-order valence-electron chi connectivity index (χ0n) is 17.1. The van der Waals surface area contributed by atoms with Crippen LogP contribution in [0.5, 0.6) is 0 Å². The van der Waals surface area contributed by atoms with E-state index in [-0.39, 0.29) is 11.8 Å². The number of anilines is 2. The molecule has 0 atom stereocenters. The van der Waals surface area contributed by atoms with Gasteiger partial charge in [-0.05, 0) is 29.3 Å². The van der Waals surface area contributed by atoms with Gasteiger partial charge in [-0.25, -0.2) is 0 Å². The summed E-state index contributed by atoms with van der Waals surface area (Å²) in [6.45, 7) is 4.18. The van der Waals surface area contributed by atoms with Crippen molar-refractivity contribution in [3.05, 3.63) is 95.0 Å². The van der Waals surface area contributed by atoms with Crippen LogP contribution < -0.4 is 15.1 Å². The van der Waals surface area contributed by atoms with Crippen molar-refractivity contribution >= 4 is 28.9 Å². The molecule has 3 aromatic rings. The first-order valence-electron chi connectivity index (χ1n) is 10.4. The predicted molar refractivity (Wildman–Crippen MR) is 124 cm³/mol. The standard InChI is InChI=1S/C25H26ClN3O/c1-28-14-16-29(17-15-28)23-13-12-21(18-22(23)26)27-25(30)24(19-8-4-2-5-9-19)20-10-6-3-7-11-20/h2-13,18,24H,14-17H2,1H3,(H,27,30)/p+1. The van der Waals surface area contributed by atoms with Gasteiger partial charge in [0.1, 0.15) is 0 Å². The summed E-state index contributed by atoms with van der Waals surface area (Å²) in [4.78, 5) is 17.1. The minimum absolute atomic E-state index is 0.0700. The van der Waals surface area contributed by atoms with Crippen LogP contribution in [0.25, 0.3) is 0 Å². The number of amides is 1. The molecule has 0 unspecified atom stereocenters. The topological polar surface area (TPSA) is 36.8 Å². The molecule has 1 aliphatic rings. The van der Waals surface area contributed by atoms with E-state index in [1.165, 1.54) is 0 Å². The van der Waals surface area contributed by atoms with Crippen LogP contribution in [0, 0.1) is 0 Å². The normalized spacial score (nSPS) is 14.7. The molecule has 0 aromatic heterocycles. The van der Waals surface area contributed by atoms with Gasteiger partial charge < -0.3 is 15.1 Å². The third-order valence-electron chi connectivity index (χ3n) is 5.70. The van der Waals surface area contributed by atoms with E-state index in [4.69, 9.17) is 11.6 Å². The summed E-state index contributed by atoms with van der Waals surface area (Å²) in [6, 6.07) is 25.5. The fourth-order valence-electron chi connectivity index (χ4n) is 3.97. The maximum Gasteiger partial charge on any atom is 0.236 e. The van der Waals surface area contributed by atoms with E-state index in [1.807, 2.05) is 78.9 Å². The molecule has 1 heterocycles. The highest BCUT2D eigenvalue weighted by Gasteiger charge is 2.23. The second kappa shape index (κ2) is 9.33. The summed E-state index contributed by atoms with van der Waals surface area (Å²) < 4.78 is 0. The fraction of sp³-hybridized carbons (Fsp3) is 0.240. The van der Waals surface area contributed by atoms with E-state index in [0.29, 0.717) is 10.7 Å². The zero-order chi connectivity index (χ0) is 20.9. The molecular formula is C25H27ClN3O+. The predicted octanol–water partition coefficient (Wildman–Crippen LogP) is 3.45. The Kier molecular flexibility index (Phi) is 6.36. The maximum atomic E-state index is 13.3. The van der Waals surface area contributed by atoms with Crippen LogP contribution >= 0.6 is 11.6 Å². The minimum atomic E-state index is -0.383. The quantitative estimate of drug-likeness (QED) is 0.663. The van der Waals surface area contributed by atoms with Crippen molar-refractivity contribution in [1.82, 2.24) is 0 Å². The number of carbonyl (C=O) groups is 1. The third-order valence-corrected chi connectivity index (χ3v) is 6.00. The fourth-order valence-corrected chi connectivity index (χ4v) is 4.27. The molecule has 4 rings (SSSR count). The largest absolute Gasteiger partial charge is 0.359 e. The van der Waals surface area contributed by atoms with Crippen molar-refractivity contribution in [3.8, 4) is 0 Å². The highest BCUT2D eigenvalue weighted by Crippen LogP contribution is 2.31. The molecule has 4 nitrogen and oxygen atoms in total. The number of halogens is 1. The molecule has 1 fully saturated rings. The Hall–Kier alpha value is -2.82. The Labute approximate surface area is 183 Å². The van der Waals surface area contributed by atoms with Crippen molar-refractivity contribution in [2.75, 3.05) is 43.4 Å². The highest BCUT2D eigenvalue weighted by atomic mass is 35.5. The smallest absolute Gasteiger partial charge is 0.236 e. The molecule has 1 amide bonds. The molecule has 2 N–H and O–H groups in total. The number of benzene rings is 3. The SMILES string of the molecule is C[NH+]1CCN(c2ccc(NC(=O)C(c3ccccc3)c3ccccc3)cc2Cl)CC1. The number of hydrogen-bond donors (Lipinski definition) is 2. The van der Waals surface area contributed by atoms with Crippen LogP contribution in [0.2, 0.25) is 5.02 Å². The Morgan fingerprint density at radius 2 is 1.50 bits per heavy atom. The van der Waals surface area contributed by atoms with Gasteiger partial charge in [0.05, 0.1) is 49.9 Å². The number of likely N-dealkylation sites (N-methyl/N-ethyl adjacent to an activating group) is 1. The molecule has 1 saturated heterocycles. The van der Waals surface area contributed by atoms with Crippen molar-refractivity contribution in [2.24, 2.45) is 0 Å². The van der Waals surface area contributed by atoms with Crippen molar-refractivity contribution in [1.29, 1.82) is 0 Å². The van der Waals surface area contributed by atoms with Crippen molar-refractivity contribution in [2.45, 2.75) is 5.92 Å². The van der Waals surface area contributed by atoms with E-state index < -0.39 is 0 Å². The van der Waals surface area contributed by atoms with Gasteiger partial charge in [-0.3, -0.25) is 4.79 Å². The molecule has 1 aliphatic heterocycles. The Bertz CT molecular complexity index is 946. The number of nitrogens with zero attached hydrogens (tertiary/aromatic N) is 1. The first-order chi connectivity index (χ1) is 14.6. The van der Waals surface area contributed by atoms with Gasteiger partial charge in [0.2, 0.25) is 5.91 Å². The number of rotatable bonds is 5. The Morgan fingerprint density at radius 3 is 2.03 bits per heavy atom. The monoisotopic (exact) mass is 420 g/mol. The summed E-state index contributed by atoms with van der Waals surface area (Å²) >= 11 is 6.60. The number of hydrogen-bond acceptors (Lipinski definition) is 2. The van der Waals surface area contributed by atoms with Crippen molar-refractivity contribution in [3.63, 3.8) is 0 Å². The zero-order valence-corrected chi connectivity index (χ0v) is 17.9. The molecule has 0 spiro atoms. The van der Waals surface area contributed by atoms with Gasteiger partial charge in [0.25, 0.3) is 0 Å². The van der Waals surface area contributed by atoms with E-state index in [9.17, 15) is 4.79 Å². The lowest BCUT2D eigenvalue weighted by Gasteiger charge is -2.32. The van der Waals surface area contributed by atoms with Gasteiger partial charge >= 0.3 is 0 Å². The lowest BCUT2D eigenvalue weighted by molar-refractivity contribution is -0.880. The summed E-state index contributed by atoms with van der Waals surface area (Å²) in [5, 5.41) is 3.74. The lowest BCUT2D eigenvalue weighted by Crippen LogP contribution is -3.12. The average Bonchev–Trinajstić information content (AvgIpc) is 2.76. The van der Waals surface area contributed by atoms with Gasteiger partial charge in [-0.15, -0.1) is 0 Å². The lowest BCUT2D eigenvalue weighted by atomic mass is 9.90. The molecule has 0 saturated carbocycles. The van der Waals surface area contributed by atoms with Crippen molar-refractivity contribution < 1.29 is 9.69 Å². The molecular weight excluding hydrogens is 394 g/mol. The van der Waals surface area contributed by atoms with Gasteiger partial charge in [-0.1, -0.05) is 72.3 Å². The van der Waals surface area contributed by atoms with E-state index in [1.54, 1.807) is 4.90 Å². The van der Waals surface area contributed by atoms with E-state index in [0.717, 1.165) is 43.0 Å². The van der Waals surface area contributed by atoms with Crippen LogP contribution in [-0.2, 0) is 4.79 Å². The average molecular weight is 421 g/mol. The van der Waals surface area contributed by atoms with Crippen LogP contribution in [-0.4, -0.2) is 39.1 Å². The molecule has 0 bridgehead atoms. The number of nitrogens with one attached hydrogen (secondary N) is 2. The van der Waals surface area contributed by atoms with Gasteiger partial charge in [0, 0.05) is 5.69 Å². The van der Waals surface area contributed by atoms with Gasteiger partial charge in [-0.2, -0.15) is 0 Å². The van der Waals surface area contributed by atoms with Gasteiger partial charge in [0.15, 0.2) is 0 Å². The summed E-state index contributed by atoms with van der Waals surface area (Å²) in [6.07, 6.45) is 0. The molecule has 3 aromatic carbocycles. The second-order valence-electron chi connectivity index (χ2n) is 7.85. The summed E-state index contributed by atoms with van der Waals surface area (Å²) in [7, 11) is 2.22. The Morgan fingerprint density at radius 1 is 0.933 bits per heavy atom. The molecule has 0 radical (unpaired) electrons. The Balaban J connectivity index is 1.55. The van der Waals surface area contributed by atoms with E-state index >= 15 is 0 Å². The second-order valence-corrected chi connectivity index (χ2v) is 8.26. The highest BCUT2D eigenvalue weighted by molar-refractivity contribution is 6.33. The van der Waals surface area contributed by atoms with Crippen LogP contribution in [0.1, 0.15) is 17.0 Å². The molecule has 0 aliphatic carbocycles. The molecule has 5 heteroatoms. The summed E-state index contributed by atoms with van der Waals surface area (Å²) in [5.74, 6) is -0.453. The molecule has 154 valence electrons. The number of piperazine rings is 1. The number of carbonyl (C=O) groups excluding carboxylic acids is 1. The first-order valence-corrected chi connectivity index (χ1v) is 10.8. The van der Waals surface area contributed by atoms with Crippen LogP contribution in [0.4, 0.5) is 11.4 Å². The van der Waals surface area contributed by atoms with E-state index in [2.05, 4.69) is 17.3 Å². The molecule has 30 heavy (non-hydrogen) atoms.